The molecule has 2 aromatic rings. The zero-order valence-corrected chi connectivity index (χ0v) is 15.2. The lowest BCUT2D eigenvalue weighted by Gasteiger charge is -2.07. The third-order valence-corrected chi connectivity index (χ3v) is 3.77. The van der Waals surface area contributed by atoms with Crippen molar-refractivity contribution in [2.45, 2.75) is 13.3 Å². The van der Waals surface area contributed by atoms with Gasteiger partial charge >= 0.3 is 0 Å². The first-order valence-electron chi connectivity index (χ1n) is 7.68. The van der Waals surface area contributed by atoms with Crippen molar-refractivity contribution in [1.29, 1.82) is 0 Å². The molecule has 2 N–H and O–H groups in total. The average molecular weight is 404 g/mol. The molecule has 0 saturated carbocycles. The molecule has 0 bridgehead atoms. The fourth-order valence-corrected chi connectivity index (χ4v) is 2.37. The number of hydrogen-bond donors (Lipinski definition) is 2. The second kappa shape index (κ2) is 9.58. The zero-order valence-electron chi connectivity index (χ0n) is 13.7. The first-order chi connectivity index (χ1) is 12.1. The lowest BCUT2D eigenvalue weighted by molar-refractivity contribution is -0.126. The summed E-state index contributed by atoms with van der Waals surface area (Å²) in [7, 11) is 0. The monoisotopic (exact) mass is 403 g/mol. The maximum atomic E-state index is 11.9. The number of ether oxygens (including phenoxy) is 1. The van der Waals surface area contributed by atoms with Crippen LogP contribution in [0.15, 0.2) is 58.1 Å². The van der Waals surface area contributed by atoms with Gasteiger partial charge in [0.15, 0.2) is 0 Å². The van der Waals surface area contributed by atoms with Crippen molar-refractivity contribution in [1.82, 2.24) is 5.43 Å². The van der Waals surface area contributed by atoms with Crippen LogP contribution in [0, 0.1) is 0 Å². The number of amides is 2. The van der Waals surface area contributed by atoms with E-state index >= 15 is 0 Å². The summed E-state index contributed by atoms with van der Waals surface area (Å²) in [4.78, 5) is 23.7. The summed E-state index contributed by atoms with van der Waals surface area (Å²) in [5, 5.41) is 6.52. The fraction of sp³-hybridized carbons (Fsp3) is 0.167. The maximum Gasteiger partial charge on any atom is 0.249 e. The SMILES string of the molecule is CCOc1ccccc1C=NNC(=O)CC(=O)Nc1ccccc1Br. The number of carbonyl (C=O) groups is 2. The first-order valence-corrected chi connectivity index (χ1v) is 8.47. The summed E-state index contributed by atoms with van der Waals surface area (Å²) >= 11 is 3.33. The molecule has 2 rings (SSSR count). The Labute approximate surface area is 154 Å². The van der Waals surface area contributed by atoms with Gasteiger partial charge in [0.25, 0.3) is 0 Å². The van der Waals surface area contributed by atoms with E-state index in [4.69, 9.17) is 4.74 Å². The summed E-state index contributed by atoms with van der Waals surface area (Å²) < 4.78 is 6.21. The van der Waals surface area contributed by atoms with Crippen LogP contribution in [0.1, 0.15) is 18.9 Å². The molecular formula is C18H18BrN3O3. The van der Waals surface area contributed by atoms with Crippen molar-refractivity contribution < 1.29 is 14.3 Å². The van der Waals surface area contributed by atoms with E-state index in [1.165, 1.54) is 6.21 Å². The van der Waals surface area contributed by atoms with E-state index < -0.39 is 11.8 Å². The van der Waals surface area contributed by atoms with Gasteiger partial charge in [-0.1, -0.05) is 24.3 Å². The van der Waals surface area contributed by atoms with Gasteiger partial charge in [-0.15, -0.1) is 0 Å². The maximum absolute atomic E-state index is 11.9. The molecule has 0 aliphatic heterocycles. The van der Waals surface area contributed by atoms with Crippen LogP contribution in [0.4, 0.5) is 5.69 Å². The Morgan fingerprint density at radius 3 is 2.60 bits per heavy atom. The number of benzene rings is 2. The summed E-state index contributed by atoms with van der Waals surface area (Å²) in [5.41, 5.74) is 3.68. The molecule has 6 nitrogen and oxygen atoms in total. The Morgan fingerprint density at radius 1 is 1.12 bits per heavy atom. The van der Waals surface area contributed by atoms with Crippen molar-refractivity contribution >= 4 is 39.6 Å². The van der Waals surface area contributed by atoms with Gasteiger partial charge in [0, 0.05) is 10.0 Å². The number of nitrogens with one attached hydrogen (secondary N) is 2. The van der Waals surface area contributed by atoms with Gasteiger partial charge in [-0.25, -0.2) is 5.43 Å². The minimum atomic E-state index is -0.505. The predicted molar refractivity (Wildman–Crippen MR) is 101 cm³/mol. The number of nitrogens with zero attached hydrogens (tertiary/aromatic N) is 1. The third-order valence-electron chi connectivity index (χ3n) is 3.08. The molecular weight excluding hydrogens is 386 g/mol. The van der Waals surface area contributed by atoms with Crippen molar-refractivity contribution in [3.05, 3.63) is 58.6 Å². The van der Waals surface area contributed by atoms with Crippen LogP contribution < -0.4 is 15.5 Å². The van der Waals surface area contributed by atoms with E-state index in [9.17, 15) is 9.59 Å². The first kappa shape index (κ1) is 18.7. The van der Waals surface area contributed by atoms with Crippen LogP contribution in [-0.4, -0.2) is 24.6 Å². The van der Waals surface area contributed by atoms with Crippen LogP contribution in [0.2, 0.25) is 0 Å². The van der Waals surface area contributed by atoms with Crippen molar-refractivity contribution in [2.75, 3.05) is 11.9 Å². The van der Waals surface area contributed by atoms with E-state index in [-0.39, 0.29) is 6.42 Å². The molecule has 7 heteroatoms. The second-order valence-electron chi connectivity index (χ2n) is 4.97. The highest BCUT2D eigenvalue weighted by Crippen LogP contribution is 2.21. The molecule has 0 aliphatic rings. The van der Waals surface area contributed by atoms with Crippen LogP contribution in [0.5, 0.6) is 5.75 Å². The number of para-hydroxylation sites is 2. The highest BCUT2D eigenvalue weighted by atomic mass is 79.9. The van der Waals surface area contributed by atoms with Crippen LogP contribution in [0.25, 0.3) is 0 Å². The van der Waals surface area contributed by atoms with Gasteiger partial charge in [-0.2, -0.15) is 5.10 Å². The number of anilines is 1. The number of carbonyl (C=O) groups excluding carboxylic acids is 2. The van der Waals surface area contributed by atoms with Gasteiger partial charge in [-0.05, 0) is 47.1 Å². The molecule has 2 aromatic carbocycles. The topological polar surface area (TPSA) is 79.8 Å². The molecule has 0 heterocycles. The van der Waals surface area contributed by atoms with Crippen molar-refractivity contribution in [3.8, 4) is 5.75 Å². The molecule has 0 radical (unpaired) electrons. The quantitative estimate of drug-likeness (QED) is 0.422. The van der Waals surface area contributed by atoms with Gasteiger partial charge in [0.1, 0.15) is 12.2 Å². The average Bonchev–Trinajstić information content (AvgIpc) is 2.58. The molecule has 0 aliphatic carbocycles. The minimum Gasteiger partial charge on any atom is -0.493 e. The highest BCUT2D eigenvalue weighted by molar-refractivity contribution is 9.10. The fourth-order valence-electron chi connectivity index (χ4n) is 1.99. The van der Waals surface area contributed by atoms with E-state index in [1.807, 2.05) is 37.3 Å². The Balaban J connectivity index is 1.86. The largest absolute Gasteiger partial charge is 0.493 e. The predicted octanol–water partition coefficient (Wildman–Crippen LogP) is 3.33. The molecule has 0 fully saturated rings. The van der Waals surface area contributed by atoms with Gasteiger partial charge in [-0.3, -0.25) is 9.59 Å². The summed E-state index contributed by atoms with van der Waals surface area (Å²) in [6.07, 6.45) is 1.15. The lowest BCUT2D eigenvalue weighted by Crippen LogP contribution is -2.24. The summed E-state index contributed by atoms with van der Waals surface area (Å²) in [5.74, 6) is -0.251. The molecule has 0 atom stereocenters. The molecule has 0 saturated heterocycles. The van der Waals surface area contributed by atoms with Crippen molar-refractivity contribution in [3.63, 3.8) is 0 Å². The number of halogens is 1. The molecule has 0 unspecified atom stereocenters. The molecule has 0 spiro atoms. The minimum absolute atomic E-state index is 0.328. The van der Waals surface area contributed by atoms with E-state index in [0.29, 0.717) is 18.0 Å². The smallest absolute Gasteiger partial charge is 0.249 e. The van der Waals surface area contributed by atoms with E-state index in [0.717, 1.165) is 10.0 Å². The van der Waals surface area contributed by atoms with Crippen LogP contribution >= 0.6 is 15.9 Å². The number of hydrogen-bond acceptors (Lipinski definition) is 4. The van der Waals surface area contributed by atoms with E-state index in [1.54, 1.807) is 18.2 Å². The summed E-state index contributed by atoms with van der Waals surface area (Å²) in [6, 6.07) is 14.5. The Hall–Kier alpha value is -2.67. The van der Waals surface area contributed by atoms with Crippen LogP contribution in [-0.2, 0) is 9.59 Å². The van der Waals surface area contributed by atoms with Gasteiger partial charge < -0.3 is 10.1 Å². The third kappa shape index (κ3) is 6.04. The second-order valence-corrected chi connectivity index (χ2v) is 5.82. The standard InChI is InChI=1S/C18H18BrN3O3/c1-2-25-16-10-6-3-7-13(16)12-20-22-18(24)11-17(23)21-15-9-5-4-8-14(15)19/h3-10,12H,2,11H2,1H3,(H,21,23)(H,22,24). The Bertz CT molecular complexity index is 778. The molecule has 130 valence electrons. The zero-order chi connectivity index (χ0) is 18.1. The highest BCUT2D eigenvalue weighted by Gasteiger charge is 2.10. The van der Waals surface area contributed by atoms with Gasteiger partial charge in [0.2, 0.25) is 11.8 Å². The molecule has 2 amide bonds. The van der Waals surface area contributed by atoms with Gasteiger partial charge in [0.05, 0.1) is 18.5 Å². The van der Waals surface area contributed by atoms with Crippen LogP contribution in [0.3, 0.4) is 0 Å². The summed E-state index contributed by atoms with van der Waals surface area (Å²) in [6.45, 7) is 2.42. The van der Waals surface area contributed by atoms with Crippen molar-refractivity contribution in [2.24, 2.45) is 5.10 Å². The Morgan fingerprint density at radius 2 is 1.84 bits per heavy atom. The van der Waals surface area contributed by atoms with E-state index in [2.05, 4.69) is 31.8 Å². The Kier molecular flexibility index (Phi) is 7.16. The lowest BCUT2D eigenvalue weighted by atomic mass is 10.2. The normalized spacial score (nSPS) is 10.5. The number of rotatable bonds is 7. The molecule has 25 heavy (non-hydrogen) atoms. The number of hydrazone groups is 1. The molecule has 0 aromatic heterocycles.